The van der Waals surface area contributed by atoms with Gasteiger partial charge in [-0.15, -0.1) is 11.3 Å². The molecule has 0 saturated heterocycles. The molecule has 0 aliphatic rings. The van der Waals surface area contributed by atoms with Crippen LogP contribution in [0.25, 0.3) is 10.2 Å². The molecule has 2 aromatic rings. The number of nitrogens with two attached hydrogens (primary N) is 1. The smallest absolute Gasteiger partial charge is 0.236 e. The number of hydrogen-bond acceptors (Lipinski definition) is 4. The highest BCUT2D eigenvalue weighted by Gasteiger charge is 2.10. The molecule has 1 aromatic carbocycles. The molecule has 0 spiro atoms. The number of hydrogen-bond donors (Lipinski definition) is 1. The second-order valence-corrected chi connectivity index (χ2v) is 4.64. The first kappa shape index (κ1) is 11.0. The van der Waals surface area contributed by atoms with Crippen molar-refractivity contribution < 1.29 is 4.79 Å². The molecule has 0 atom stereocenters. The highest BCUT2D eigenvalue weighted by Crippen LogP contribution is 2.22. The van der Waals surface area contributed by atoms with Crippen molar-refractivity contribution in [3.8, 4) is 0 Å². The summed E-state index contributed by atoms with van der Waals surface area (Å²) in [5.41, 5.74) is 6.28. The largest absolute Gasteiger partial charge is 0.338 e. The minimum absolute atomic E-state index is 0.0431. The van der Waals surface area contributed by atoms with Crippen molar-refractivity contribution >= 4 is 27.5 Å². The lowest BCUT2D eigenvalue weighted by Gasteiger charge is -2.13. The average Bonchev–Trinajstić information content (AvgIpc) is 2.69. The van der Waals surface area contributed by atoms with Crippen LogP contribution in [-0.2, 0) is 11.3 Å². The third kappa shape index (κ3) is 2.20. The maximum atomic E-state index is 11.3. The Morgan fingerprint density at radius 3 is 2.94 bits per heavy atom. The number of para-hydroxylation sites is 1. The van der Waals surface area contributed by atoms with Crippen LogP contribution in [0, 0.1) is 0 Å². The Balaban J connectivity index is 2.18. The molecule has 0 aliphatic carbocycles. The molecule has 1 heterocycles. The summed E-state index contributed by atoms with van der Waals surface area (Å²) in [5.74, 6) is -0.0701. The number of rotatable bonds is 3. The van der Waals surface area contributed by atoms with Gasteiger partial charge in [-0.2, -0.15) is 0 Å². The van der Waals surface area contributed by atoms with Crippen molar-refractivity contribution in [3.63, 3.8) is 0 Å². The van der Waals surface area contributed by atoms with Gasteiger partial charge in [0.1, 0.15) is 5.01 Å². The van der Waals surface area contributed by atoms with Crippen LogP contribution in [0.1, 0.15) is 5.01 Å². The summed E-state index contributed by atoms with van der Waals surface area (Å²) in [6.45, 7) is 0.566. The van der Waals surface area contributed by atoms with Gasteiger partial charge in [0.05, 0.1) is 23.3 Å². The van der Waals surface area contributed by atoms with E-state index in [9.17, 15) is 4.79 Å². The van der Waals surface area contributed by atoms with Crippen LogP contribution in [-0.4, -0.2) is 29.4 Å². The Morgan fingerprint density at radius 1 is 1.50 bits per heavy atom. The number of likely N-dealkylation sites (N-methyl/N-ethyl adjacent to an activating group) is 1. The summed E-state index contributed by atoms with van der Waals surface area (Å²) >= 11 is 1.61. The molecule has 4 nitrogen and oxygen atoms in total. The minimum Gasteiger partial charge on any atom is -0.338 e. The van der Waals surface area contributed by atoms with Gasteiger partial charge >= 0.3 is 0 Å². The Morgan fingerprint density at radius 2 is 2.25 bits per heavy atom. The number of aromatic nitrogens is 1. The van der Waals surface area contributed by atoms with Gasteiger partial charge in [-0.25, -0.2) is 4.98 Å². The maximum Gasteiger partial charge on any atom is 0.236 e. The summed E-state index contributed by atoms with van der Waals surface area (Å²) in [6, 6.07) is 7.95. The Bertz CT molecular complexity index is 476. The number of fused-ring (bicyclic) bond motifs is 1. The third-order valence-corrected chi connectivity index (χ3v) is 3.33. The molecule has 5 heteroatoms. The van der Waals surface area contributed by atoms with Gasteiger partial charge in [0, 0.05) is 7.05 Å². The van der Waals surface area contributed by atoms with Crippen molar-refractivity contribution in [3.05, 3.63) is 29.3 Å². The molecule has 0 unspecified atom stereocenters. The molecule has 84 valence electrons. The summed E-state index contributed by atoms with van der Waals surface area (Å²) in [6.07, 6.45) is 0. The van der Waals surface area contributed by atoms with E-state index >= 15 is 0 Å². The lowest BCUT2D eigenvalue weighted by Crippen LogP contribution is -2.32. The lowest BCUT2D eigenvalue weighted by atomic mass is 10.3. The van der Waals surface area contributed by atoms with Crippen molar-refractivity contribution in [2.45, 2.75) is 6.54 Å². The van der Waals surface area contributed by atoms with Crippen LogP contribution in [0.3, 0.4) is 0 Å². The van der Waals surface area contributed by atoms with Crippen molar-refractivity contribution in [2.24, 2.45) is 5.73 Å². The number of benzene rings is 1. The summed E-state index contributed by atoms with van der Waals surface area (Å²) in [4.78, 5) is 17.4. The maximum absolute atomic E-state index is 11.3. The van der Waals surface area contributed by atoms with E-state index in [-0.39, 0.29) is 12.5 Å². The molecule has 2 rings (SSSR count). The zero-order valence-corrected chi connectivity index (χ0v) is 9.83. The molecule has 0 aliphatic heterocycles. The predicted molar refractivity (Wildman–Crippen MR) is 65.1 cm³/mol. The summed E-state index contributed by atoms with van der Waals surface area (Å²) in [5, 5.41) is 0.936. The summed E-state index contributed by atoms with van der Waals surface area (Å²) in [7, 11) is 1.74. The van der Waals surface area contributed by atoms with E-state index in [0.29, 0.717) is 6.54 Å². The van der Waals surface area contributed by atoms with Crippen LogP contribution < -0.4 is 5.73 Å². The number of carbonyl (C=O) groups is 1. The number of carbonyl (C=O) groups excluding carboxylic acids is 1. The standard InChI is InChI=1S/C11H13N3OS/c1-14(11(15)6-12)7-10-13-8-4-2-3-5-9(8)16-10/h2-5H,6-7,12H2,1H3. The van der Waals surface area contributed by atoms with Crippen LogP contribution in [0.4, 0.5) is 0 Å². The zero-order chi connectivity index (χ0) is 11.5. The SMILES string of the molecule is CN(Cc1nc2ccccc2s1)C(=O)CN. The van der Waals surface area contributed by atoms with Gasteiger partial charge in [-0.1, -0.05) is 12.1 Å². The van der Waals surface area contributed by atoms with Gasteiger partial charge in [0.15, 0.2) is 0 Å². The van der Waals surface area contributed by atoms with E-state index in [4.69, 9.17) is 5.73 Å². The molecule has 2 N–H and O–H groups in total. The monoisotopic (exact) mass is 235 g/mol. The first-order valence-electron chi connectivity index (χ1n) is 4.99. The van der Waals surface area contributed by atoms with Crippen LogP contribution in [0.15, 0.2) is 24.3 Å². The third-order valence-electron chi connectivity index (χ3n) is 2.31. The first-order chi connectivity index (χ1) is 7.70. The Hall–Kier alpha value is -1.46. The number of amides is 1. The van der Waals surface area contributed by atoms with Crippen molar-refractivity contribution in [1.29, 1.82) is 0 Å². The second-order valence-electron chi connectivity index (χ2n) is 3.53. The quantitative estimate of drug-likeness (QED) is 0.870. The number of thiazole rings is 1. The minimum atomic E-state index is -0.0701. The first-order valence-corrected chi connectivity index (χ1v) is 5.81. The van der Waals surface area contributed by atoms with E-state index in [1.54, 1.807) is 23.3 Å². The van der Waals surface area contributed by atoms with E-state index in [2.05, 4.69) is 4.98 Å². The number of nitrogens with zero attached hydrogens (tertiary/aromatic N) is 2. The fourth-order valence-corrected chi connectivity index (χ4v) is 2.46. The lowest BCUT2D eigenvalue weighted by molar-refractivity contribution is -0.128. The van der Waals surface area contributed by atoms with Crippen molar-refractivity contribution in [2.75, 3.05) is 13.6 Å². The molecular formula is C11H13N3OS. The molecule has 16 heavy (non-hydrogen) atoms. The molecule has 1 amide bonds. The fraction of sp³-hybridized carbons (Fsp3) is 0.273. The molecular weight excluding hydrogens is 222 g/mol. The van der Waals surface area contributed by atoms with E-state index in [1.807, 2.05) is 24.3 Å². The van der Waals surface area contributed by atoms with E-state index in [0.717, 1.165) is 15.2 Å². The van der Waals surface area contributed by atoms with Crippen LogP contribution >= 0.6 is 11.3 Å². The molecule has 0 radical (unpaired) electrons. The average molecular weight is 235 g/mol. The highest BCUT2D eigenvalue weighted by molar-refractivity contribution is 7.18. The molecule has 0 fully saturated rings. The van der Waals surface area contributed by atoms with Gasteiger partial charge in [-0.05, 0) is 12.1 Å². The molecule has 1 aromatic heterocycles. The molecule has 0 bridgehead atoms. The zero-order valence-electron chi connectivity index (χ0n) is 9.01. The second kappa shape index (κ2) is 4.59. The topological polar surface area (TPSA) is 59.2 Å². The van der Waals surface area contributed by atoms with E-state index < -0.39 is 0 Å². The Labute approximate surface area is 97.7 Å². The fourth-order valence-electron chi connectivity index (χ4n) is 1.43. The van der Waals surface area contributed by atoms with Gasteiger partial charge in [-0.3, -0.25) is 4.79 Å². The van der Waals surface area contributed by atoms with Crippen molar-refractivity contribution in [1.82, 2.24) is 9.88 Å². The highest BCUT2D eigenvalue weighted by atomic mass is 32.1. The van der Waals surface area contributed by atoms with Gasteiger partial charge < -0.3 is 10.6 Å². The Kier molecular flexibility index (Phi) is 3.17. The predicted octanol–water partition coefficient (Wildman–Crippen LogP) is 1.21. The van der Waals surface area contributed by atoms with Gasteiger partial charge in [0.2, 0.25) is 5.91 Å². The van der Waals surface area contributed by atoms with Crippen LogP contribution in [0.5, 0.6) is 0 Å². The summed E-state index contributed by atoms with van der Waals surface area (Å²) < 4.78 is 1.14. The van der Waals surface area contributed by atoms with E-state index in [1.165, 1.54) is 0 Å². The normalized spacial score (nSPS) is 10.6. The van der Waals surface area contributed by atoms with Crippen LogP contribution in [0.2, 0.25) is 0 Å². The van der Waals surface area contributed by atoms with Gasteiger partial charge in [0.25, 0.3) is 0 Å². The molecule has 0 saturated carbocycles.